The summed E-state index contributed by atoms with van der Waals surface area (Å²) in [6, 6.07) is 5.69. The number of nitrogens with two attached hydrogens (primary N) is 1. The predicted octanol–water partition coefficient (Wildman–Crippen LogP) is 2.92. The highest BCUT2D eigenvalue weighted by atomic mass is 35.5. The summed E-state index contributed by atoms with van der Waals surface area (Å²) in [7, 11) is 0. The summed E-state index contributed by atoms with van der Waals surface area (Å²) < 4.78 is 4.88. The number of halogens is 1. The highest BCUT2D eigenvalue weighted by Gasteiger charge is 2.09. The topological polar surface area (TPSA) is 64.9 Å². The molecule has 0 radical (unpaired) electrons. The van der Waals surface area contributed by atoms with Crippen LogP contribution in [0.2, 0.25) is 5.02 Å². The average molecular weight is 234 g/mol. The molecule has 0 saturated carbocycles. The summed E-state index contributed by atoms with van der Waals surface area (Å²) >= 11 is 6.04. The van der Waals surface area contributed by atoms with Crippen LogP contribution in [0.5, 0.6) is 0 Å². The van der Waals surface area contributed by atoms with Crippen molar-refractivity contribution in [1.82, 2.24) is 10.1 Å². The molecule has 0 aliphatic rings. The molecule has 80 valence electrons. The van der Waals surface area contributed by atoms with E-state index < -0.39 is 0 Å². The van der Waals surface area contributed by atoms with E-state index in [0.717, 1.165) is 21.9 Å². The van der Waals surface area contributed by atoms with Gasteiger partial charge in [-0.2, -0.15) is 0 Å². The maximum atomic E-state index is 6.04. The Labute approximate surface area is 96.0 Å². The second kappa shape index (κ2) is 3.09. The fourth-order valence-electron chi connectivity index (χ4n) is 1.69. The molecule has 2 heterocycles. The lowest BCUT2D eigenvalue weighted by atomic mass is 10.1. The van der Waals surface area contributed by atoms with Gasteiger partial charge in [0.1, 0.15) is 0 Å². The van der Waals surface area contributed by atoms with Crippen molar-refractivity contribution in [1.29, 1.82) is 0 Å². The van der Waals surface area contributed by atoms with Gasteiger partial charge in [-0.05, 0) is 30.7 Å². The summed E-state index contributed by atoms with van der Waals surface area (Å²) in [4.78, 5) is 4.33. The smallest absolute Gasteiger partial charge is 0.231 e. The molecule has 0 fully saturated rings. The molecule has 5 heteroatoms. The number of pyridine rings is 1. The standard InChI is InChI=1S/C11H8ClN3O/c1-5-2-6-3-7-10(13)16-15-11(7)14-9(6)4-8(5)12/h2-4H,13H2,1H3. The Morgan fingerprint density at radius 1 is 1.31 bits per heavy atom. The number of anilines is 1. The van der Waals surface area contributed by atoms with Gasteiger partial charge in [0.05, 0.1) is 10.9 Å². The molecule has 3 aromatic rings. The van der Waals surface area contributed by atoms with Gasteiger partial charge in [0.2, 0.25) is 11.5 Å². The Morgan fingerprint density at radius 3 is 2.94 bits per heavy atom. The molecule has 2 aromatic heterocycles. The molecule has 0 spiro atoms. The Kier molecular flexibility index (Phi) is 1.82. The van der Waals surface area contributed by atoms with Crippen molar-refractivity contribution in [2.75, 3.05) is 5.73 Å². The molecule has 3 rings (SSSR count). The number of hydrogen-bond acceptors (Lipinski definition) is 4. The first kappa shape index (κ1) is 9.42. The minimum absolute atomic E-state index is 0.289. The maximum Gasteiger partial charge on any atom is 0.231 e. The molecule has 0 unspecified atom stereocenters. The Hall–Kier alpha value is -1.81. The van der Waals surface area contributed by atoms with Crippen LogP contribution in [0.1, 0.15) is 5.56 Å². The number of aryl methyl sites for hydroxylation is 1. The van der Waals surface area contributed by atoms with Crippen LogP contribution in [0.4, 0.5) is 5.88 Å². The van der Waals surface area contributed by atoms with Crippen molar-refractivity contribution >= 4 is 39.4 Å². The Bertz CT molecular complexity index is 705. The Balaban J connectivity index is 2.48. The van der Waals surface area contributed by atoms with Gasteiger partial charge in [-0.25, -0.2) is 4.98 Å². The van der Waals surface area contributed by atoms with Gasteiger partial charge in [-0.15, -0.1) is 0 Å². The normalized spacial score (nSPS) is 11.4. The molecular weight excluding hydrogens is 226 g/mol. The van der Waals surface area contributed by atoms with Crippen molar-refractivity contribution in [3.8, 4) is 0 Å². The molecule has 0 atom stereocenters. The number of benzene rings is 1. The lowest BCUT2D eigenvalue weighted by Gasteiger charge is -2.01. The van der Waals surface area contributed by atoms with Crippen molar-refractivity contribution in [3.05, 3.63) is 28.8 Å². The lowest BCUT2D eigenvalue weighted by Crippen LogP contribution is -1.85. The quantitative estimate of drug-likeness (QED) is 0.648. The minimum Gasteiger partial charge on any atom is -0.367 e. The monoisotopic (exact) mass is 233 g/mol. The minimum atomic E-state index is 0.289. The van der Waals surface area contributed by atoms with E-state index in [1.165, 1.54) is 0 Å². The van der Waals surface area contributed by atoms with E-state index in [1.807, 2.05) is 25.1 Å². The van der Waals surface area contributed by atoms with E-state index in [4.69, 9.17) is 21.9 Å². The molecule has 16 heavy (non-hydrogen) atoms. The first-order chi connectivity index (χ1) is 7.65. The maximum absolute atomic E-state index is 6.04. The summed E-state index contributed by atoms with van der Waals surface area (Å²) in [5, 5.41) is 6.16. The van der Waals surface area contributed by atoms with E-state index in [9.17, 15) is 0 Å². The molecular formula is C11H8ClN3O. The number of hydrogen-bond donors (Lipinski definition) is 1. The fraction of sp³-hybridized carbons (Fsp3) is 0.0909. The van der Waals surface area contributed by atoms with Gasteiger partial charge in [-0.3, -0.25) is 0 Å². The molecule has 4 nitrogen and oxygen atoms in total. The largest absolute Gasteiger partial charge is 0.367 e. The van der Waals surface area contributed by atoms with Crippen LogP contribution in [0.3, 0.4) is 0 Å². The van der Waals surface area contributed by atoms with Gasteiger partial charge in [0.15, 0.2) is 0 Å². The first-order valence-electron chi connectivity index (χ1n) is 4.77. The second-order valence-electron chi connectivity index (χ2n) is 3.70. The summed E-state index contributed by atoms with van der Waals surface area (Å²) in [5.74, 6) is 0.289. The summed E-state index contributed by atoms with van der Waals surface area (Å²) in [6.07, 6.45) is 0. The summed E-state index contributed by atoms with van der Waals surface area (Å²) in [5.41, 5.74) is 7.94. The predicted molar refractivity (Wildman–Crippen MR) is 63.5 cm³/mol. The molecule has 2 N–H and O–H groups in total. The molecule has 0 aliphatic heterocycles. The zero-order chi connectivity index (χ0) is 11.3. The van der Waals surface area contributed by atoms with E-state index in [-0.39, 0.29) is 5.88 Å². The molecule has 0 amide bonds. The second-order valence-corrected chi connectivity index (χ2v) is 4.11. The lowest BCUT2D eigenvalue weighted by molar-refractivity contribution is 0.443. The average Bonchev–Trinajstić information content (AvgIpc) is 2.59. The van der Waals surface area contributed by atoms with Crippen molar-refractivity contribution in [2.24, 2.45) is 0 Å². The van der Waals surface area contributed by atoms with Crippen LogP contribution in [-0.2, 0) is 0 Å². The summed E-state index contributed by atoms with van der Waals surface area (Å²) in [6.45, 7) is 1.95. The van der Waals surface area contributed by atoms with Crippen LogP contribution in [-0.4, -0.2) is 10.1 Å². The van der Waals surface area contributed by atoms with Crippen LogP contribution < -0.4 is 5.73 Å². The van der Waals surface area contributed by atoms with Gasteiger partial charge >= 0.3 is 0 Å². The molecule has 0 bridgehead atoms. The number of rotatable bonds is 0. The molecule has 0 aliphatic carbocycles. The molecule has 1 aromatic carbocycles. The van der Waals surface area contributed by atoms with E-state index in [0.29, 0.717) is 10.7 Å². The highest BCUT2D eigenvalue weighted by molar-refractivity contribution is 6.32. The number of nitrogen functional groups attached to an aromatic ring is 1. The van der Waals surface area contributed by atoms with Crippen LogP contribution in [0, 0.1) is 6.92 Å². The number of nitrogens with zero attached hydrogens (tertiary/aromatic N) is 2. The van der Waals surface area contributed by atoms with Gasteiger partial charge < -0.3 is 10.3 Å². The van der Waals surface area contributed by atoms with Crippen LogP contribution in [0.15, 0.2) is 22.7 Å². The number of aromatic nitrogens is 2. The third-order valence-electron chi connectivity index (χ3n) is 2.57. The van der Waals surface area contributed by atoms with E-state index in [1.54, 1.807) is 0 Å². The molecule has 0 saturated heterocycles. The third kappa shape index (κ3) is 1.23. The van der Waals surface area contributed by atoms with Crippen molar-refractivity contribution < 1.29 is 4.52 Å². The van der Waals surface area contributed by atoms with Gasteiger partial charge in [-0.1, -0.05) is 16.8 Å². The SMILES string of the molecule is Cc1cc2cc3c(N)onc3nc2cc1Cl. The fourth-order valence-corrected chi connectivity index (χ4v) is 1.85. The van der Waals surface area contributed by atoms with E-state index >= 15 is 0 Å². The number of fused-ring (bicyclic) bond motifs is 2. The van der Waals surface area contributed by atoms with Crippen LogP contribution in [0.25, 0.3) is 21.9 Å². The van der Waals surface area contributed by atoms with Crippen molar-refractivity contribution in [3.63, 3.8) is 0 Å². The van der Waals surface area contributed by atoms with Gasteiger partial charge in [0, 0.05) is 10.4 Å². The van der Waals surface area contributed by atoms with Crippen LogP contribution >= 0.6 is 11.6 Å². The zero-order valence-electron chi connectivity index (χ0n) is 8.49. The highest BCUT2D eigenvalue weighted by Crippen LogP contribution is 2.27. The third-order valence-corrected chi connectivity index (χ3v) is 2.98. The zero-order valence-corrected chi connectivity index (χ0v) is 9.25. The van der Waals surface area contributed by atoms with Gasteiger partial charge in [0.25, 0.3) is 0 Å². The Morgan fingerprint density at radius 2 is 2.12 bits per heavy atom. The van der Waals surface area contributed by atoms with E-state index in [2.05, 4.69) is 10.1 Å². The van der Waals surface area contributed by atoms with Crippen molar-refractivity contribution in [2.45, 2.75) is 6.92 Å². The first-order valence-corrected chi connectivity index (χ1v) is 5.15.